The zero-order chi connectivity index (χ0) is 30.6. The second-order valence-corrected chi connectivity index (χ2v) is 13.0. The summed E-state index contributed by atoms with van der Waals surface area (Å²) >= 11 is 0. The van der Waals surface area contributed by atoms with Gasteiger partial charge in [-0.3, -0.25) is 4.79 Å². The van der Waals surface area contributed by atoms with E-state index >= 15 is 0 Å². The number of unbranched alkanes of at least 4 members (excludes halogenated alkanes) is 22. The largest absolute Gasteiger partial charge is 0.466 e. The van der Waals surface area contributed by atoms with E-state index in [-0.39, 0.29) is 5.97 Å². The molecule has 5 heteroatoms. The quantitative estimate of drug-likeness (QED) is 0.0664. The second-order valence-electron chi connectivity index (χ2n) is 13.0. The second kappa shape index (κ2) is 26.5. The number of carbonyl (C=O) groups is 1. The predicted octanol–water partition coefficient (Wildman–Crippen LogP) is 11.7. The van der Waals surface area contributed by atoms with Crippen molar-refractivity contribution in [2.45, 2.75) is 194 Å². The van der Waals surface area contributed by atoms with Crippen molar-refractivity contribution in [3.8, 4) is 0 Å². The summed E-state index contributed by atoms with van der Waals surface area (Å²) < 4.78 is 7.52. The maximum Gasteiger partial charge on any atom is 0.305 e. The Bertz CT molecular complexity index is 925. The van der Waals surface area contributed by atoms with Crippen LogP contribution >= 0.6 is 0 Å². The van der Waals surface area contributed by atoms with Crippen LogP contribution in [0.5, 0.6) is 0 Å². The van der Waals surface area contributed by atoms with Crippen molar-refractivity contribution in [2.24, 2.45) is 0 Å². The molecule has 0 saturated heterocycles. The number of ether oxygens (including phenoxy) is 1. The highest BCUT2D eigenvalue weighted by molar-refractivity contribution is 5.75. The van der Waals surface area contributed by atoms with Crippen molar-refractivity contribution >= 4 is 17.0 Å². The Morgan fingerprint density at radius 2 is 1.14 bits per heavy atom. The lowest BCUT2D eigenvalue weighted by Gasteiger charge is -2.06. The van der Waals surface area contributed by atoms with Crippen molar-refractivity contribution in [3.63, 3.8) is 0 Å². The molecule has 43 heavy (non-hydrogen) atoms. The maximum absolute atomic E-state index is 11.9. The first kappa shape index (κ1) is 37.3. The van der Waals surface area contributed by atoms with Gasteiger partial charge in [0.05, 0.1) is 12.1 Å². The van der Waals surface area contributed by atoms with Gasteiger partial charge in [-0.05, 0) is 49.8 Å². The minimum Gasteiger partial charge on any atom is -0.466 e. The third-order valence-corrected chi connectivity index (χ3v) is 8.91. The summed E-state index contributed by atoms with van der Waals surface area (Å²) in [5.74, 6) is 0.0130. The van der Waals surface area contributed by atoms with Gasteiger partial charge in [0, 0.05) is 13.0 Å². The zero-order valence-corrected chi connectivity index (χ0v) is 28.4. The molecule has 0 aliphatic rings. The fraction of sp³-hybridized carbons (Fsp3) is 0.816. The van der Waals surface area contributed by atoms with Crippen LogP contribution in [-0.2, 0) is 22.5 Å². The standard InChI is InChI=1S/C38H67N3O2/c1-3-5-7-8-9-10-18-21-24-27-33-43-38(42)29-25-22-19-16-14-12-11-13-15-17-20-23-26-32-41-37-31-30-35(28-6-4-2)34-36(37)39-40-41/h30-31,34H,3-29,32-33H2,1-2H3. The van der Waals surface area contributed by atoms with Crippen LogP contribution in [0.4, 0.5) is 0 Å². The molecule has 0 radical (unpaired) electrons. The van der Waals surface area contributed by atoms with E-state index in [1.54, 1.807) is 0 Å². The van der Waals surface area contributed by atoms with Gasteiger partial charge in [0.1, 0.15) is 5.52 Å². The number of esters is 1. The Labute approximate surface area is 265 Å². The summed E-state index contributed by atoms with van der Waals surface area (Å²) in [7, 11) is 0. The fourth-order valence-corrected chi connectivity index (χ4v) is 6.04. The summed E-state index contributed by atoms with van der Waals surface area (Å²) in [5, 5.41) is 8.80. The first-order valence-electron chi connectivity index (χ1n) is 18.7. The molecule has 0 aliphatic carbocycles. The van der Waals surface area contributed by atoms with Gasteiger partial charge in [0.25, 0.3) is 0 Å². The predicted molar refractivity (Wildman–Crippen MR) is 184 cm³/mol. The van der Waals surface area contributed by atoms with Crippen LogP contribution in [0.25, 0.3) is 11.0 Å². The van der Waals surface area contributed by atoms with Gasteiger partial charge < -0.3 is 4.74 Å². The van der Waals surface area contributed by atoms with E-state index in [0.717, 1.165) is 37.7 Å². The molecule has 0 spiro atoms. The lowest BCUT2D eigenvalue weighted by atomic mass is 10.0. The fourth-order valence-electron chi connectivity index (χ4n) is 6.04. The van der Waals surface area contributed by atoms with E-state index in [4.69, 9.17) is 4.74 Å². The van der Waals surface area contributed by atoms with E-state index in [1.165, 1.54) is 152 Å². The van der Waals surface area contributed by atoms with Gasteiger partial charge in [-0.15, -0.1) is 5.10 Å². The van der Waals surface area contributed by atoms with E-state index in [9.17, 15) is 4.79 Å². The number of hydrogen-bond acceptors (Lipinski definition) is 4. The van der Waals surface area contributed by atoms with Crippen LogP contribution in [0, 0.1) is 0 Å². The highest BCUT2D eigenvalue weighted by Gasteiger charge is 2.06. The summed E-state index contributed by atoms with van der Waals surface area (Å²) in [6.07, 6.45) is 34.0. The maximum atomic E-state index is 11.9. The molecular weight excluding hydrogens is 530 g/mol. The number of fused-ring (bicyclic) bond motifs is 1. The van der Waals surface area contributed by atoms with Crippen molar-refractivity contribution in [1.29, 1.82) is 0 Å². The summed E-state index contributed by atoms with van der Waals surface area (Å²) in [5.41, 5.74) is 3.60. The minimum absolute atomic E-state index is 0.0130. The summed E-state index contributed by atoms with van der Waals surface area (Å²) in [6, 6.07) is 6.67. The van der Waals surface area contributed by atoms with Crippen LogP contribution in [0.3, 0.4) is 0 Å². The molecule has 1 heterocycles. The third-order valence-electron chi connectivity index (χ3n) is 8.91. The Balaban J connectivity index is 1.28. The minimum atomic E-state index is 0.0130. The van der Waals surface area contributed by atoms with Gasteiger partial charge in [-0.2, -0.15) is 0 Å². The molecule has 0 fully saturated rings. The first-order chi connectivity index (χ1) is 21.2. The molecular formula is C38H67N3O2. The number of aromatic nitrogens is 3. The molecule has 2 rings (SSSR count). The lowest BCUT2D eigenvalue weighted by molar-refractivity contribution is -0.143. The molecule has 0 atom stereocenters. The molecule has 0 amide bonds. The molecule has 0 N–H and O–H groups in total. The SMILES string of the molecule is CCCCCCCCCCCCOC(=O)CCCCCCCCCCCCCCCn1nnc2cc(CCCC)ccc21. The Kier molecular flexibility index (Phi) is 23.0. The number of carbonyl (C=O) groups excluding carboxylic acids is 1. The number of aryl methyl sites for hydroxylation is 2. The van der Waals surface area contributed by atoms with Crippen LogP contribution in [-0.4, -0.2) is 27.6 Å². The molecule has 0 bridgehead atoms. The van der Waals surface area contributed by atoms with Crippen molar-refractivity contribution in [1.82, 2.24) is 15.0 Å². The summed E-state index contributed by atoms with van der Waals surface area (Å²) in [6.45, 7) is 6.11. The number of nitrogens with zero attached hydrogens (tertiary/aromatic N) is 3. The highest BCUT2D eigenvalue weighted by atomic mass is 16.5. The molecule has 1 aromatic heterocycles. The lowest BCUT2D eigenvalue weighted by Crippen LogP contribution is -2.05. The van der Waals surface area contributed by atoms with Crippen LogP contribution in [0.2, 0.25) is 0 Å². The molecule has 0 unspecified atom stereocenters. The Morgan fingerprint density at radius 3 is 1.72 bits per heavy atom. The average molecular weight is 598 g/mol. The topological polar surface area (TPSA) is 57.0 Å². The van der Waals surface area contributed by atoms with Crippen molar-refractivity contribution < 1.29 is 9.53 Å². The smallest absolute Gasteiger partial charge is 0.305 e. The molecule has 0 saturated carbocycles. The van der Waals surface area contributed by atoms with Gasteiger partial charge in [-0.25, -0.2) is 4.68 Å². The van der Waals surface area contributed by atoms with E-state index < -0.39 is 0 Å². The van der Waals surface area contributed by atoms with Gasteiger partial charge in [0.15, 0.2) is 0 Å². The van der Waals surface area contributed by atoms with Gasteiger partial charge >= 0.3 is 5.97 Å². The average Bonchev–Trinajstić information content (AvgIpc) is 3.42. The highest BCUT2D eigenvalue weighted by Crippen LogP contribution is 2.17. The number of rotatable bonds is 30. The molecule has 0 aliphatic heterocycles. The molecule has 1 aromatic carbocycles. The molecule has 2 aromatic rings. The van der Waals surface area contributed by atoms with Crippen LogP contribution < -0.4 is 0 Å². The molecule has 246 valence electrons. The van der Waals surface area contributed by atoms with E-state index in [2.05, 4.69) is 47.0 Å². The van der Waals surface area contributed by atoms with Gasteiger partial charge in [-0.1, -0.05) is 160 Å². The first-order valence-corrected chi connectivity index (χ1v) is 18.7. The van der Waals surface area contributed by atoms with E-state index in [0.29, 0.717) is 13.0 Å². The number of benzene rings is 1. The Morgan fingerprint density at radius 1 is 0.628 bits per heavy atom. The Hall–Kier alpha value is -1.91. The van der Waals surface area contributed by atoms with E-state index in [1.807, 2.05) is 0 Å². The van der Waals surface area contributed by atoms with Crippen LogP contribution in [0.1, 0.15) is 186 Å². The third kappa shape index (κ3) is 19.2. The van der Waals surface area contributed by atoms with Crippen LogP contribution in [0.15, 0.2) is 18.2 Å². The monoisotopic (exact) mass is 598 g/mol. The number of hydrogen-bond donors (Lipinski definition) is 0. The van der Waals surface area contributed by atoms with Crippen molar-refractivity contribution in [2.75, 3.05) is 6.61 Å². The normalized spacial score (nSPS) is 11.5. The summed E-state index contributed by atoms with van der Waals surface area (Å²) in [4.78, 5) is 11.9. The zero-order valence-electron chi connectivity index (χ0n) is 28.4. The molecule has 5 nitrogen and oxygen atoms in total. The van der Waals surface area contributed by atoms with Gasteiger partial charge in [0.2, 0.25) is 0 Å². The van der Waals surface area contributed by atoms with Crippen molar-refractivity contribution in [3.05, 3.63) is 23.8 Å².